The molecule has 2 aliphatic heterocycles. The summed E-state index contributed by atoms with van der Waals surface area (Å²) in [6.07, 6.45) is 7.37. The van der Waals surface area contributed by atoms with Crippen LogP contribution >= 0.6 is 0 Å². The third kappa shape index (κ3) is 3.93. The number of aryl methyl sites for hydroxylation is 1. The molecule has 0 radical (unpaired) electrons. The van der Waals surface area contributed by atoms with Crippen molar-refractivity contribution in [1.29, 1.82) is 0 Å². The second kappa shape index (κ2) is 8.18. The minimum atomic E-state index is -0.709. The third-order valence-corrected chi connectivity index (χ3v) is 6.50. The zero-order valence-corrected chi connectivity index (χ0v) is 15.9. The fourth-order valence-corrected chi connectivity index (χ4v) is 4.92. The summed E-state index contributed by atoms with van der Waals surface area (Å²) in [7, 11) is 0. The Balaban J connectivity index is 1.87. The molecule has 0 unspecified atom stereocenters. The van der Waals surface area contributed by atoms with Crippen LogP contribution in [0, 0.1) is 5.92 Å². The van der Waals surface area contributed by atoms with Gasteiger partial charge < -0.3 is 5.11 Å². The molecule has 3 rings (SSSR count). The number of hydrogen-bond donors (Lipinski definition) is 1. The number of unbranched alkanes of at least 4 members (excludes halogenated alkanes) is 1. The smallest absolute Gasteiger partial charge is 0.0895 e. The summed E-state index contributed by atoms with van der Waals surface area (Å²) in [5.74, 6) is 0.283. The molecule has 1 aromatic rings. The van der Waals surface area contributed by atoms with E-state index >= 15 is 0 Å². The highest BCUT2D eigenvalue weighted by atomic mass is 19.1. The Bertz CT molecular complexity index is 575. The summed E-state index contributed by atoms with van der Waals surface area (Å²) in [4.78, 5) is 2.59. The van der Waals surface area contributed by atoms with Crippen LogP contribution in [0.2, 0.25) is 0 Å². The van der Waals surface area contributed by atoms with E-state index in [1.807, 2.05) is 0 Å². The summed E-state index contributed by atoms with van der Waals surface area (Å²) in [5, 5.41) is 11.5. The summed E-state index contributed by atoms with van der Waals surface area (Å²) in [6, 6.07) is 7.19. The zero-order chi connectivity index (χ0) is 17.9. The summed E-state index contributed by atoms with van der Waals surface area (Å²) >= 11 is 0. The molecule has 2 heterocycles. The van der Waals surface area contributed by atoms with Crippen molar-refractivity contribution < 1.29 is 9.50 Å². The summed E-state index contributed by atoms with van der Waals surface area (Å²) in [5.41, 5.74) is 3.52. The van der Waals surface area contributed by atoms with Gasteiger partial charge >= 0.3 is 0 Å². The van der Waals surface area contributed by atoms with Gasteiger partial charge in [-0.1, -0.05) is 44.9 Å². The van der Waals surface area contributed by atoms with Crippen LogP contribution in [0.5, 0.6) is 0 Å². The maximum atomic E-state index is 12.8. The van der Waals surface area contributed by atoms with Crippen molar-refractivity contribution in [2.75, 3.05) is 19.8 Å². The number of alkyl halides is 1. The van der Waals surface area contributed by atoms with Gasteiger partial charge in [-0.05, 0) is 55.2 Å². The molecule has 1 N–H and O–H groups in total. The van der Waals surface area contributed by atoms with Gasteiger partial charge in [0, 0.05) is 25.0 Å². The van der Waals surface area contributed by atoms with E-state index in [9.17, 15) is 9.50 Å². The third-order valence-electron chi connectivity index (χ3n) is 6.50. The molecule has 0 bridgehead atoms. The molecule has 1 aromatic carbocycles. The van der Waals surface area contributed by atoms with Crippen molar-refractivity contribution >= 4 is 0 Å². The minimum absolute atomic E-state index is 0.283. The average Bonchev–Trinajstić information content (AvgIpc) is 2.64. The van der Waals surface area contributed by atoms with E-state index in [1.54, 1.807) is 0 Å². The lowest BCUT2D eigenvalue weighted by atomic mass is 9.70. The molecular weight excluding hydrogens is 313 g/mol. The Hall–Kier alpha value is -0.930. The van der Waals surface area contributed by atoms with Crippen molar-refractivity contribution in [2.45, 2.75) is 76.9 Å². The van der Waals surface area contributed by atoms with Crippen molar-refractivity contribution in [1.82, 2.24) is 4.90 Å². The number of benzene rings is 1. The maximum absolute atomic E-state index is 12.8. The highest BCUT2D eigenvalue weighted by Crippen LogP contribution is 2.46. The molecule has 3 atom stereocenters. The van der Waals surface area contributed by atoms with Crippen molar-refractivity contribution in [3.05, 3.63) is 34.9 Å². The number of fused-ring (bicyclic) bond motifs is 3. The van der Waals surface area contributed by atoms with Gasteiger partial charge in [0.1, 0.15) is 0 Å². The van der Waals surface area contributed by atoms with E-state index in [0.717, 1.165) is 51.6 Å². The standard InChI is InChI=1S/C22H34FNO/c1-3-5-7-19-16-24-13-10-18-9-8-17(4-2)14-20(18)21(24)15-22(19,25)11-6-12-23/h8-9,14,19,21,25H,3-7,10-13,15-16H2,1-2H3/t19-,21-,22-/m1/s1/i23+0. The fraction of sp³-hybridized carbons (Fsp3) is 0.727. The van der Waals surface area contributed by atoms with Gasteiger partial charge in [-0.3, -0.25) is 9.29 Å². The van der Waals surface area contributed by atoms with Gasteiger partial charge in [-0.2, -0.15) is 0 Å². The lowest BCUT2D eigenvalue weighted by Crippen LogP contribution is -2.54. The molecular formula is C22H34FNO. The topological polar surface area (TPSA) is 23.5 Å². The Labute approximate surface area is 152 Å². The minimum Gasteiger partial charge on any atom is -0.389 e. The second-order valence-corrected chi connectivity index (χ2v) is 8.09. The van der Waals surface area contributed by atoms with E-state index in [0.29, 0.717) is 18.9 Å². The number of piperidine rings is 1. The van der Waals surface area contributed by atoms with Crippen LogP contribution in [0.1, 0.15) is 75.1 Å². The maximum Gasteiger partial charge on any atom is 0.0895 e. The summed E-state index contributed by atoms with van der Waals surface area (Å²) in [6.45, 7) is 6.12. The molecule has 0 amide bonds. The van der Waals surface area contributed by atoms with E-state index in [1.165, 1.54) is 16.7 Å². The molecule has 2 aliphatic rings. The van der Waals surface area contributed by atoms with Crippen LogP contribution in [-0.4, -0.2) is 35.4 Å². The first kappa shape index (κ1) is 18.8. The van der Waals surface area contributed by atoms with Crippen molar-refractivity contribution in [3.63, 3.8) is 0 Å². The van der Waals surface area contributed by atoms with Gasteiger partial charge in [0.15, 0.2) is 0 Å². The highest BCUT2D eigenvalue weighted by molar-refractivity contribution is 5.37. The Kier molecular flexibility index (Phi) is 6.17. The van der Waals surface area contributed by atoms with Gasteiger partial charge in [0.2, 0.25) is 0 Å². The van der Waals surface area contributed by atoms with E-state index in [4.69, 9.17) is 0 Å². The number of aliphatic hydroxyl groups is 1. The van der Waals surface area contributed by atoms with Crippen LogP contribution < -0.4 is 0 Å². The molecule has 2 nitrogen and oxygen atoms in total. The van der Waals surface area contributed by atoms with E-state index < -0.39 is 5.60 Å². The van der Waals surface area contributed by atoms with Gasteiger partial charge in [0.25, 0.3) is 0 Å². The number of halogens is 1. The normalized spacial score (nSPS) is 29.3. The Morgan fingerprint density at radius 2 is 2.12 bits per heavy atom. The van der Waals surface area contributed by atoms with Crippen molar-refractivity contribution in [2.24, 2.45) is 5.92 Å². The predicted octanol–water partition coefficient (Wildman–Crippen LogP) is 4.84. The van der Waals surface area contributed by atoms with Crippen LogP contribution in [0.3, 0.4) is 0 Å². The van der Waals surface area contributed by atoms with Crippen LogP contribution in [0.25, 0.3) is 0 Å². The highest BCUT2D eigenvalue weighted by Gasteiger charge is 2.46. The van der Waals surface area contributed by atoms with Gasteiger partial charge in [-0.15, -0.1) is 0 Å². The van der Waals surface area contributed by atoms with Crippen LogP contribution in [0.4, 0.5) is 4.39 Å². The number of nitrogens with zero attached hydrogens (tertiary/aromatic N) is 1. The van der Waals surface area contributed by atoms with Crippen LogP contribution in [0.15, 0.2) is 18.2 Å². The number of rotatable bonds is 7. The lowest BCUT2D eigenvalue weighted by molar-refractivity contribution is -0.107. The lowest BCUT2D eigenvalue weighted by Gasteiger charge is -2.51. The zero-order valence-electron chi connectivity index (χ0n) is 15.9. The molecule has 0 aromatic heterocycles. The van der Waals surface area contributed by atoms with E-state index in [2.05, 4.69) is 36.9 Å². The quantitative estimate of drug-likeness (QED) is 0.763. The van der Waals surface area contributed by atoms with Gasteiger partial charge in [0.05, 0.1) is 12.3 Å². The largest absolute Gasteiger partial charge is 0.389 e. The molecule has 0 spiro atoms. The van der Waals surface area contributed by atoms with Crippen molar-refractivity contribution in [3.8, 4) is 0 Å². The van der Waals surface area contributed by atoms with E-state index in [-0.39, 0.29) is 12.6 Å². The van der Waals surface area contributed by atoms with Crippen LogP contribution in [-0.2, 0) is 12.8 Å². The molecule has 3 heteroatoms. The number of hydrogen-bond acceptors (Lipinski definition) is 2. The Morgan fingerprint density at radius 1 is 1.28 bits per heavy atom. The Morgan fingerprint density at radius 3 is 2.84 bits per heavy atom. The molecule has 140 valence electrons. The SMILES string of the molecule is CCCC[C@@H]1CN2CCc3ccc(CC)cc3[C@H]2C[C@]1(O)CCC[19F]. The molecule has 1 fully saturated rings. The van der Waals surface area contributed by atoms with Gasteiger partial charge in [-0.25, -0.2) is 0 Å². The first-order valence-corrected chi connectivity index (χ1v) is 10.3. The second-order valence-electron chi connectivity index (χ2n) is 8.09. The fourth-order valence-electron chi connectivity index (χ4n) is 4.92. The molecule has 0 saturated carbocycles. The predicted molar refractivity (Wildman–Crippen MR) is 102 cm³/mol. The first-order chi connectivity index (χ1) is 12.1. The average molecular weight is 348 g/mol. The molecule has 1 saturated heterocycles. The monoisotopic (exact) mass is 347 g/mol. The molecule has 0 aliphatic carbocycles. The summed E-state index contributed by atoms with van der Waals surface area (Å²) < 4.78 is 12.8. The first-order valence-electron chi connectivity index (χ1n) is 10.3. The molecule has 25 heavy (non-hydrogen) atoms.